The Hall–Kier alpha value is -5.74. The van der Waals surface area contributed by atoms with Crippen molar-refractivity contribution in [1.29, 1.82) is 0 Å². The molecule has 0 unspecified atom stereocenters. The van der Waals surface area contributed by atoms with E-state index in [2.05, 4.69) is 0 Å². The average molecular weight is 717 g/mol. The van der Waals surface area contributed by atoms with E-state index in [1.807, 2.05) is 6.07 Å². The van der Waals surface area contributed by atoms with E-state index in [0.29, 0.717) is 44.5 Å². The molecule has 0 spiro atoms. The lowest BCUT2D eigenvalue weighted by Crippen LogP contribution is -2.37. The predicted molar refractivity (Wildman–Crippen MR) is 198 cm³/mol. The minimum absolute atomic E-state index is 0.0740. The van der Waals surface area contributed by atoms with Crippen molar-refractivity contribution in [3.8, 4) is 22.3 Å². The second-order valence-electron chi connectivity index (χ2n) is 13.0. The van der Waals surface area contributed by atoms with Crippen molar-refractivity contribution in [2.75, 3.05) is 5.75 Å². The highest BCUT2D eigenvalue weighted by atomic mass is 32.3. The van der Waals surface area contributed by atoms with Crippen molar-refractivity contribution >= 4 is 27.0 Å². The van der Waals surface area contributed by atoms with Gasteiger partial charge >= 0.3 is 0 Å². The van der Waals surface area contributed by atoms with Crippen LogP contribution in [-0.2, 0) is 9.63 Å². The van der Waals surface area contributed by atoms with Gasteiger partial charge in [0.25, 0.3) is 0 Å². The minimum Gasteiger partial charge on any atom is -0.304 e. The van der Waals surface area contributed by atoms with Crippen LogP contribution in [0, 0.1) is 17.6 Å². The molecule has 9 heteroatoms. The molecule has 0 saturated carbocycles. The monoisotopic (exact) mass is 716 g/mol. The van der Waals surface area contributed by atoms with E-state index in [9.17, 15) is 36.5 Å². The molecule has 6 aromatic carbocycles. The van der Waals surface area contributed by atoms with Crippen molar-refractivity contribution < 1.29 is 36.5 Å². The van der Waals surface area contributed by atoms with Gasteiger partial charge in [-0.25, -0.2) is 13.0 Å². The molecular formula is C43H34F2O6S. The summed E-state index contributed by atoms with van der Waals surface area (Å²) in [5.74, 6) is -2.68. The number of ketones is 3. The molecule has 0 radical (unpaired) electrons. The van der Waals surface area contributed by atoms with Gasteiger partial charge in [0.05, 0.1) is 10.6 Å². The third kappa shape index (κ3) is 7.77. The Morgan fingerprint density at radius 2 is 0.981 bits per heavy atom. The molecule has 0 aliphatic rings. The zero-order chi connectivity index (χ0) is 37.2. The number of carbonyl (C=O) groups is 3. The van der Waals surface area contributed by atoms with Crippen molar-refractivity contribution in [2.24, 2.45) is 5.92 Å². The molecule has 262 valence electrons. The maximum absolute atomic E-state index is 14.3. The Labute approximate surface area is 299 Å². The van der Waals surface area contributed by atoms with Gasteiger partial charge in [0, 0.05) is 33.4 Å². The fraction of sp³-hybridized carbons (Fsp3) is 0.0930. The van der Waals surface area contributed by atoms with Gasteiger partial charge in [-0.15, -0.1) is 0 Å². The van der Waals surface area contributed by atoms with Crippen LogP contribution in [0.15, 0.2) is 144 Å². The van der Waals surface area contributed by atoms with Crippen LogP contribution in [0.5, 0.6) is 0 Å². The normalized spacial score (nSPS) is 12.2. The topological polar surface area (TPSA) is 109 Å². The molecule has 0 aliphatic heterocycles. The summed E-state index contributed by atoms with van der Waals surface area (Å²) in [6, 6.07) is 34.6. The van der Waals surface area contributed by atoms with Gasteiger partial charge in [-0.05, 0) is 94.9 Å². The largest absolute Gasteiger partial charge is 0.304 e. The maximum atomic E-state index is 14.3. The highest BCUT2D eigenvalue weighted by Crippen LogP contribution is 2.35. The van der Waals surface area contributed by atoms with Gasteiger partial charge < -0.3 is 9.11 Å². The molecule has 0 saturated heterocycles. The predicted octanol–water partition coefficient (Wildman–Crippen LogP) is 9.77. The van der Waals surface area contributed by atoms with Gasteiger partial charge in [0.2, 0.25) is 0 Å². The zero-order valence-corrected chi connectivity index (χ0v) is 29.1. The quantitative estimate of drug-likeness (QED) is 0.129. The van der Waals surface area contributed by atoms with Crippen LogP contribution < -0.4 is 0 Å². The highest BCUT2D eigenvalue weighted by Gasteiger charge is 2.34. The molecule has 2 N–H and O–H groups in total. The Balaban J connectivity index is 1.40. The number of halogens is 2. The summed E-state index contributed by atoms with van der Waals surface area (Å²) in [5, 5.41) is 0. The summed E-state index contributed by atoms with van der Waals surface area (Å²) in [7, 11) is -5.25. The van der Waals surface area contributed by atoms with E-state index in [1.54, 1.807) is 74.5 Å². The molecule has 0 amide bonds. The molecule has 0 atom stereocenters. The summed E-state index contributed by atoms with van der Waals surface area (Å²) in [6.07, 6.45) is 0. The Kier molecular flexibility index (Phi) is 9.79. The summed E-state index contributed by atoms with van der Waals surface area (Å²) >= 11 is 0. The van der Waals surface area contributed by atoms with Crippen molar-refractivity contribution in [2.45, 2.75) is 18.7 Å². The van der Waals surface area contributed by atoms with Gasteiger partial charge in [-0.1, -0.05) is 86.6 Å². The summed E-state index contributed by atoms with van der Waals surface area (Å²) in [4.78, 5) is 40.1. The number of hydrogen-bond acceptors (Lipinski definition) is 4. The first-order chi connectivity index (χ1) is 24.7. The molecule has 6 aromatic rings. The SMILES string of the molecule is CC(C)CS(=O)(O)(O)c1cccc(C(=O)c2cc(-c3ccc(C(=O)c4ccc(F)cc4)cc3)ccc2-c2ccc(C(=O)c3ccc(F)cc3)cc2)c1. The molecule has 0 aromatic heterocycles. The van der Waals surface area contributed by atoms with Crippen LogP contribution in [0.3, 0.4) is 0 Å². The van der Waals surface area contributed by atoms with Gasteiger partial charge in [-0.3, -0.25) is 14.4 Å². The first-order valence-electron chi connectivity index (χ1n) is 16.4. The second-order valence-corrected chi connectivity index (χ2v) is 15.9. The molecule has 6 rings (SSSR count). The molecule has 0 heterocycles. The van der Waals surface area contributed by atoms with Crippen molar-refractivity contribution in [1.82, 2.24) is 0 Å². The summed E-state index contributed by atoms with van der Waals surface area (Å²) in [5.41, 5.74) is 4.16. The molecular weight excluding hydrogens is 683 g/mol. The standard InChI is InChI=1S/C43H34F2O6S/c1-27(2)26-52(49,50,51)38-5-3-4-35(24-38)43(48)40-25-34(28-6-10-30(11-7-28)41(46)32-14-19-36(44)20-15-32)18-23-39(40)29-8-12-31(13-9-29)42(47)33-16-21-37(45)22-17-33/h3-25,27H,26H2,1-2H3,(H2,49,50,51). The minimum atomic E-state index is -5.25. The lowest BCUT2D eigenvalue weighted by Gasteiger charge is -2.32. The van der Waals surface area contributed by atoms with E-state index in [1.165, 1.54) is 72.8 Å². The Morgan fingerprint density at radius 3 is 1.46 bits per heavy atom. The Bertz CT molecular complexity index is 2380. The number of benzene rings is 6. The van der Waals surface area contributed by atoms with Crippen LogP contribution in [-0.4, -0.2) is 36.4 Å². The molecule has 0 bridgehead atoms. The van der Waals surface area contributed by atoms with Crippen LogP contribution in [0.2, 0.25) is 0 Å². The maximum Gasteiger partial charge on any atom is 0.193 e. The van der Waals surface area contributed by atoms with Crippen molar-refractivity contribution in [3.63, 3.8) is 0 Å². The lowest BCUT2D eigenvalue weighted by atomic mass is 9.89. The second kappa shape index (κ2) is 14.1. The van der Waals surface area contributed by atoms with E-state index in [-0.39, 0.29) is 33.5 Å². The summed E-state index contributed by atoms with van der Waals surface area (Å²) in [6.45, 7) is 3.41. The number of rotatable bonds is 11. The number of carbonyl (C=O) groups excluding carboxylic acids is 3. The van der Waals surface area contributed by atoms with Crippen molar-refractivity contribution in [3.05, 3.63) is 185 Å². The molecule has 52 heavy (non-hydrogen) atoms. The molecule has 0 fully saturated rings. The van der Waals surface area contributed by atoms with Gasteiger partial charge in [0.15, 0.2) is 17.3 Å². The van der Waals surface area contributed by atoms with Gasteiger partial charge in [-0.2, -0.15) is 0 Å². The smallest absolute Gasteiger partial charge is 0.193 e. The van der Waals surface area contributed by atoms with E-state index in [0.717, 1.165) is 0 Å². The Morgan fingerprint density at radius 1 is 0.538 bits per heavy atom. The van der Waals surface area contributed by atoms with Crippen LogP contribution >= 0.6 is 0 Å². The first-order valence-corrected chi connectivity index (χ1v) is 18.5. The van der Waals surface area contributed by atoms with Crippen LogP contribution in [0.25, 0.3) is 22.3 Å². The van der Waals surface area contributed by atoms with E-state index < -0.39 is 32.8 Å². The zero-order valence-electron chi connectivity index (χ0n) is 28.3. The average Bonchev–Trinajstić information content (AvgIpc) is 3.14. The van der Waals surface area contributed by atoms with Gasteiger partial charge in [0.1, 0.15) is 21.3 Å². The fourth-order valence-corrected chi connectivity index (χ4v) is 8.17. The van der Waals surface area contributed by atoms with Crippen LogP contribution in [0.4, 0.5) is 8.78 Å². The molecule has 6 nitrogen and oxygen atoms in total. The highest BCUT2D eigenvalue weighted by molar-refractivity contribution is 8.10. The first kappa shape index (κ1) is 36.1. The molecule has 0 aliphatic carbocycles. The number of hydrogen-bond donors (Lipinski definition) is 2. The third-order valence-corrected chi connectivity index (χ3v) is 11.1. The van der Waals surface area contributed by atoms with E-state index >= 15 is 0 Å². The lowest BCUT2D eigenvalue weighted by molar-refractivity contribution is 0.103. The van der Waals surface area contributed by atoms with E-state index in [4.69, 9.17) is 0 Å². The summed E-state index contributed by atoms with van der Waals surface area (Å²) < 4.78 is 61.9. The third-order valence-electron chi connectivity index (χ3n) is 8.62. The van der Waals surface area contributed by atoms with Crippen LogP contribution in [0.1, 0.15) is 61.6 Å². The fourth-order valence-electron chi connectivity index (χ4n) is 6.06.